The predicted octanol–water partition coefficient (Wildman–Crippen LogP) is 1.10. The van der Waals surface area contributed by atoms with Crippen molar-refractivity contribution in [1.29, 1.82) is 0 Å². The minimum atomic E-state index is -1.56. The van der Waals surface area contributed by atoms with Crippen molar-refractivity contribution in [3.8, 4) is 11.5 Å². The highest BCUT2D eigenvalue weighted by Gasteiger charge is 2.13. The number of carboxylic acid groups (broad SMARTS) is 1. The average molecular weight is 248 g/mol. The van der Waals surface area contributed by atoms with Crippen molar-refractivity contribution in [1.82, 2.24) is 4.98 Å². The van der Waals surface area contributed by atoms with Crippen molar-refractivity contribution in [3.05, 3.63) is 30.0 Å². The smallest absolute Gasteiger partial charge is 0.503 e. The highest BCUT2D eigenvalue weighted by atomic mass is 16.7. The van der Waals surface area contributed by atoms with Crippen LogP contribution in [-0.2, 0) is 0 Å². The number of carbonyl (C=O) groups is 2. The fourth-order valence-corrected chi connectivity index (χ4v) is 1.47. The molecule has 0 aliphatic carbocycles. The second-order valence-electron chi connectivity index (χ2n) is 3.41. The number of phenolic OH excluding ortho intramolecular Hbond substituents is 1. The first-order chi connectivity index (χ1) is 8.49. The van der Waals surface area contributed by atoms with Crippen LogP contribution in [0.1, 0.15) is 10.5 Å². The number of hydrogen-bond donors (Lipinski definition) is 3. The van der Waals surface area contributed by atoms with Gasteiger partial charge in [-0.1, -0.05) is 6.07 Å². The summed E-state index contributed by atoms with van der Waals surface area (Å²) in [5.41, 5.74) is 5.07. The van der Waals surface area contributed by atoms with Gasteiger partial charge in [0.05, 0.1) is 0 Å². The molecule has 1 heterocycles. The number of benzene rings is 1. The van der Waals surface area contributed by atoms with Crippen molar-refractivity contribution >= 4 is 23.0 Å². The molecule has 1 amide bonds. The van der Waals surface area contributed by atoms with Crippen LogP contribution in [0.5, 0.6) is 11.5 Å². The number of primary amides is 1. The van der Waals surface area contributed by atoms with Gasteiger partial charge in [0.2, 0.25) is 0 Å². The summed E-state index contributed by atoms with van der Waals surface area (Å²) in [5, 5.41) is 18.8. The molecule has 0 saturated heterocycles. The van der Waals surface area contributed by atoms with E-state index in [4.69, 9.17) is 10.8 Å². The minimum Gasteiger partial charge on any atom is -0.503 e. The molecule has 0 spiro atoms. The summed E-state index contributed by atoms with van der Waals surface area (Å²) in [6.07, 6.45) is -1.56. The highest BCUT2D eigenvalue weighted by Crippen LogP contribution is 2.33. The number of hydrogen-bond acceptors (Lipinski definition) is 5. The van der Waals surface area contributed by atoms with E-state index in [0.717, 1.165) is 0 Å². The topological polar surface area (TPSA) is 123 Å². The van der Waals surface area contributed by atoms with Gasteiger partial charge >= 0.3 is 6.16 Å². The van der Waals surface area contributed by atoms with E-state index >= 15 is 0 Å². The quantitative estimate of drug-likeness (QED) is 0.540. The number of aromatic hydroxyl groups is 1. The summed E-state index contributed by atoms with van der Waals surface area (Å²) >= 11 is 0. The number of nitrogens with two attached hydrogens (primary N) is 1. The van der Waals surface area contributed by atoms with E-state index in [2.05, 4.69) is 9.72 Å². The van der Waals surface area contributed by atoms with Crippen LogP contribution in [0.3, 0.4) is 0 Å². The van der Waals surface area contributed by atoms with Crippen molar-refractivity contribution in [3.63, 3.8) is 0 Å². The molecule has 7 heteroatoms. The van der Waals surface area contributed by atoms with Gasteiger partial charge in [-0.25, -0.2) is 9.78 Å². The van der Waals surface area contributed by atoms with Crippen LogP contribution < -0.4 is 10.5 Å². The van der Waals surface area contributed by atoms with Crippen molar-refractivity contribution < 1.29 is 24.5 Å². The van der Waals surface area contributed by atoms with Crippen LogP contribution in [-0.4, -0.2) is 27.3 Å². The molecule has 0 aliphatic rings. The molecule has 0 atom stereocenters. The maximum absolute atomic E-state index is 11.0. The normalized spacial score (nSPS) is 10.2. The van der Waals surface area contributed by atoms with E-state index in [1.165, 1.54) is 24.3 Å². The Labute approximate surface area is 100 Å². The van der Waals surface area contributed by atoms with E-state index in [0.29, 0.717) is 5.39 Å². The lowest BCUT2D eigenvalue weighted by atomic mass is 10.1. The first-order valence-corrected chi connectivity index (χ1v) is 4.82. The summed E-state index contributed by atoms with van der Waals surface area (Å²) < 4.78 is 4.36. The summed E-state index contributed by atoms with van der Waals surface area (Å²) in [4.78, 5) is 25.2. The Bertz CT molecular complexity index is 653. The molecule has 2 aromatic rings. The van der Waals surface area contributed by atoms with Crippen LogP contribution in [0.2, 0.25) is 0 Å². The second kappa shape index (κ2) is 4.21. The third-order valence-electron chi connectivity index (χ3n) is 2.25. The SMILES string of the molecule is NC(=O)c1ccc2ccc(OC(=O)O)c(O)c2n1. The monoisotopic (exact) mass is 248 g/mol. The lowest BCUT2D eigenvalue weighted by Crippen LogP contribution is -2.12. The number of pyridine rings is 1. The molecule has 1 aromatic heterocycles. The number of amides is 1. The Kier molecular flexibility index (Phi) is 2.72. The van der Waals surface area contributed by atoms with E-state index in [-0.39, 0.29) is 17.0 Å². The van der Waals surface area contributed by atoms with Gasteiger partial charge < -0.3 is 20.7 Å². The Morgan fingerprint density at radius 3 is 2.50 bits per heavy atom. The molecule has 0 saturated carbocycles. The number of ether oxygens (including phenoxy) is 1. The minimum absolute atomic E-state index is 0.0368. The Hall–Kier alpha value is -2.83. The van der Waals surface area contributed by atoms with Gasteiger partial charge in [0, 0.05) is 5.39 Å². The lowest BCUT2D eigenvalue weighted by molar-refractivity contribution is 0.0995. The zero-order chi connectivity index (χ0) is 13.3. The lowest BCUT2D eigenvalue weighted by Gasteiger charge is -2.06. The van der Waals surface area contributed by atoms with Crippen molar-refractivity contribution in [2.45, 2.75) is 0 Å². The van der Waals surface area contributed by atoms with Crippen LogP contribution in [0.25, 0.3) is 10.9 Å². The van der Waals surface area contributed by atoms with Gasteiger partial charge in [0.1, 0.15) is 11.2 Å². The summed E-state index contributed by atoms with van der Waals surface area (Å²) in [6, 6.07) is 5.73. The molecule has 0 aliphatic heterocycles. The average Bonchev–Trinajstić information content (AvgIpc) is 2.32. The number of rotatable bonds is 2. The number of phenols is 1. The molecule has 0 fully saturated rings. The second-order valence-corrected chi connectivity index (χ2v) is 3.41. The zero-order valence-electron chi connectivity index (χ0n) is 8.95. The molecule has 92 valence electrons. The molecule has 0 unspecified atom stereocenters. The molecular weight excluding hydrogens is 240 g/mol. The van der Waals surface area contributed by atoms with Crippen LogP contribution in [0.15, 0.2) is 24.3 Å². The van der Waals surface area contributed by atoms with E-state index < -0.39 is 17.8 Å². The molecule has 2 rings (SSSR count). The number of nitrogens with zero attached hydrogens (tertiary/aromatic N) is 1. The van der Waals surface area contributed by atoms with Crippen LogP contribution >= 0.6 is 0 Å². The Morgan fingerprint density at radius 1 is 1.22 bits per heavy atom. The molecular formula is C11H8N2O5. The maximum Gasteiger partial charge on any atom is 0.511 e. The van der Waals surface area contributed by atoms with E-state index in [1.54, 1.807) is 0 Å². The van der Waals surface area contributed by atoms with Gasteiger partial charge in [0.25, 0.3) is 5.91 Å². The Balaban J connectivity index is 2.63. The summed E-state index contributed by atoms with van der Waals surface area (Å²) in [7, 11) is 0. The largest absolute Gasteiger partial charge is 0.511 e. The van der Waals surface area contributed by atoms with Crippen molar-refractivity contribution in [2.24, 2.45) is 5.73 Å². The van der Waals surface area contributed by atoms with Crippen molar-refractivity contribution in [2.75, 3.05) is 0 Å². The fraction of sp³-hybridized carbons (Fsp3) is 0. The molecule has 1 aromatic carbocycles. The van der Waals surface area contributed by atoms with Gasteiger partial charge in [0.15, 0.2) is 11.5 Å². The number of fused-ring (bicyclic) bond motifs is 1. The highest BCUT2D eigenvalue weighted by molar-refractivity contribution is 5.95. The zero-order valence-corrected chi connectivity index (χ0v) is 8.95. The van der Waals surface area contributed by atoms with Gasteiger partial charge in [-0.05, 0) is 18.2 Å². The van der Waals surface area contributed by atoms with Gasteiger partial charge in [-0.3, -0.25) is 4.79 Å². The third kappa shape index (κ3) is 2.01. The van der Waals surface area contributed by atoms with Gasteiger partial charge in [-0.15, -0.1) is 0 Å². The molecule has 0 bridgehead atoms. The molecule has 18 heavy (non-hydrogen) atoms. The molecule has 4 N–H and O–H groups in total. The number of carbonyl (C=O) groups excluding carboxylic acids is 1. The summed E-state index contributed by atoms with van der Waals surface area (Å²) in [6.45, 7) is 0. The first kappa shape index (κ1) is 11.6. The fourth-order valence-electron chi connectivity index (χ4n) is 1.47. The maximum atomic E-state index is 11.0. The standard InChI is InChI=1S/C11H8N2O5/c12-10(15)6-3-1-5-2-4-7(18-11(16)17)9(14)8(5)13-6/h1-4,14H,(H2,12,15)(H,16,17). The number of aromatic nitrogens is 1. The predicted molar refractivity (Wildman–Crippen MR) is 60.6 cm³/mol. The Morgan fingerprint density at radius 2 is 1.89 bits per heavy atom. The molecule has 0 radical (unpaired) electrons. The first-order valence-electron chi connectivity index (χ1n) is 4.82. The van der Waals surface area contributed by atoms with Crippen LogP contribution in [0, 0.1) is 0 Å². The summed E-state index contributed by atoms with van der Waals surface area (Å²) in [5.74, 6) is -1.47. The third-order valence-corrected chi connectivity index (χ3v) is 2.25. The molecule has 7 nitrogen and oxygen atoms in total. The van der Waals surface area contributed by atoms with E-state index in [1.807, 2.05) is 0 Å². The van der Waals surface area contributed by atoms with Gasteiger partial charge in [-0.2, -0.15) is 0 Å². The van der Waals surface area contributed by atoms with E-state index in [9.17, 15) is 14.7 Å². The van der Waals surface area contributed by atoms with Crippen LogP contribution in [0.4, 0.5) is 4.79 Å².